The number of ether oxygens (including phenoxy) is 1. The largest absolute Gasteiger partial charge is 0.464 e. The van der Waals surface area contributed by atoms with Crippen LogP contribution < -0.4 is 4.74 Å². The van der Waals surface area contributed by atoms with Crippen LogP contribution in [0.15, 0.2) is 60.9 Å². The minimum atomic E-state index is -0.252. The monoisotopic (exact) mass is 236 g/mol. The second-order valence-corrected chi connectivity index (χ2v) is 4.21. The predicted molar refractivity (Wildman–Crippen MR) is 70.3 cm³/mol. The Morgan fingerprint density at radius 3 is 2.44 bits per heavy atom. The molecule has 1 aliphatic heterocycles. The quantitative estimate of drug-likeness (QED) is 0.747. The van der Waals surface area contributed by atoms with Gasteiger partial charge in [-0.05, 0) is 11.6 Å². The molecule has 1 unspecified atom stereocenters. The molecule has 3 rings (SSSR count). The third-order valence-electron chi connectivity index (χ3n) is 3.15. The fourth-order valence-corrected chi connectivity index (χ4v) is 2.24. The third kappa shape index (κ3) is 1.72. The molecule has 0 fully saturated rings. The lowest BCUT2D eigenvalue weighted by Gasteiger charge is -2.22. The van der Waals surface area contributed by atoms with Crippen LogP contribution in [0.4, 0.5) is 0 Å². The first-order valence-corrected chi connectivity index (χ1v) is 5.86. The number of rotatable bonds is 2. The topological polar surface area (TPSA) is 26.3 Å². The zero-order valence-electron chi connectivity index (χ0n) is 9.74. The Kier molecular flexibility index (Phi) is 2.69. The van der Waals surface area contributed by atoms with E-state index >= 15 is 0 Å². The third-order valence-corrected chi connectivity index (χ3v) is 3.15. The molecule has 2 heteroatoms. The summed E-state index contributed by atoms with van der Waals surface area (Å²) in [6.45, 7) is 0. The van der Waals surface area contributed by atoms with Crippen LogP contribution in [0.25, 0.3) is 5.57 Å². The standard InChI is InChI=1S/C16H12O2/c17-10-14-13-8-4-5-9-16(13)18-11-15(14)12-6-2-1-3-7-12/h1-11,14H. The van der Waals surface area contributed by atoms with E-state index in [1.54, 1.807) is 6.26 Å². The molecule has 0 N–H and O–H groups in total. The Morgan fingerprint density at radius 2 is 1.67 bits per heavy atom. The number of carbonyl (C=O) groups is 1. The van der Waals surface area contributed by atoms with Crippen LogP contribution in [0.5, 0.6) is 5.75 Å². The molecule has 18 heavy (non-hydrogen) atoms. The molecule has 1 atom stereocenters. The fourth-order valence-electron chi connectivity index (χ4n) is 2.24. The summed E-state index contributed by atoms with van der Waals surface area (Å²) >= 11 is 0. The van der Waals surface area contributed by atoms with Gasteiger partial charge in [-0.1, -0.05) is 48.5 Å². The molecule has 1 aliphatic rings. The first kappa shape index (κ1) is 10.8. The minimum Gasteiger partial charge on any atom is -0.464 e. The molecule has 88 valence electrons. The van der Waals surface area contributed by atoms with Crippen molar-refractivity contribution in [3.8, 4) is 5.75 Å². The van der Waals surface area contributed by atoms with Gasteiger partial charge < -0.3 is 9.53 Å². The average Bonchev–Trinajstić information content (AvgIpc) is 2.47. The Morgan fingerprint density at radius 1 is 0.944 bits per heavy atom. The summed E-state index contributed by atoms with van der Waals surface area (Å²) in [4.78, 5) is 11.4. The maximum absolute atomic E-state index is 11.4. The molecule has 0 bridgehead atoms. The highest BCUT2D eigenvalue weighted by molar-refractivity contribution is 5.88. The lowest BCUT2D eigenvalue weighted by molar-refractivity contribution is -0.108. The Balaban J connectivity index is 2.09. The summed E-state index contributed by atoms with van der Waals surface area (Å²) in [6, 6.07) is 17.5. The molecule has 2 aromatic carbocycles. The zero-order valence-corrected chi connectivity index (χ0v) is 9.74. The molecule has 2 nitrogen and oxygen atoms in total. The predicted octanol–water partition coefficient (Wildman–Crippen LogP) is 3.40. The second-order valence-electron chi connectivity index (χ2n) is 4.21. The van der Waals surface area contributed by atoms with Gasteiger partial charge in [-0.25, -0.2) is 0 Å². The molecule has 2 aromatic rings. The zero-order chi connectivity index (χ0) is 12.4. The van der Waals surface area contributed by atoms with Gasteiger partial charge >= 0.3 is 0 Å². The highest BCUT2D eigenvalue weighted by Crippen LogP contribution is 2.39. The lowest BCUT2D eigenvalue weighted by Crippen LogP contribution is -2.10. The van der Waals surface area contributed by atoms with E-state index in [1.807, 2.05) is 54.6 Å². The Bertz CT molecular complexity index is 600. The SMILES string of the molecule is O=CC1C(c2ccccc2)=COc2ccccc21. The van der Waals surface area contributed by atoms with E-state index in [-0.39, 0.29) is 5.92 Å². The van der Waals surface area contributed by atoms with E-state index < -0.39 is 0 Å². The highest BCUT2D eigenvalue weighted by atomic mass is 16.5. The molecule has 0 radical (unpaired) electrons. The van der Waals surface area contributed by atoms with E-state index in [4.69, 9.17) is 4.74 Å². The van der Waals surface area contributed by atoms with Gasteiger partial charge in [0.2, 0.25) is 0 Å². The molecule has 0 saturated carbocycles. The van der Waals surface area contributed by atoms with Crippen molar-refractivity contribution in [2.45, 2.75) is 5.92 Å². The summed E-state index contributed by atoms with van der Waals surface area (Å²) in [7, 11) is 0. The van der Waals surface area contributed by atoms with Crippen LogP contribution in [0.2, 0.25) is 0 Å². The molecule has 0 aliphatic carbocycles. The number of carbonyl (C=O) groups excluding carboxylic acids is 1. The van der Waals surface area contributed by atoms with Gasteiger partial charge in [-0.2, -0.15) is 0 Å². The van der Waals surface area contributed by atoms with Crippen LogP contribution in [0, 0.1) is 0 Å². The first-order valence-electron chi connectivity index (χ1n) is 5.86. The molecular formula is C16H12O2. The van der Waals surface area contributed by atoms with Gasteiger partial charge in [0, 0.05) is 11.1 Å². The van der Waals surface area contributed by atoms with Crippen molar-refractivity contribution >= 4 is 11.9 Å². The summed E-state index contributed by atoms with van der Waals surface area (Å²) in [5.41, 5.74) is 2.85. The maximum atomic E-state index is 11.4. The van der Waals surface area contributed by atoms with Crippen molar-refractivity contribution in [3.63, 3.8) is 0 Å². The summed E-state index contributed by atoms with van der Waals surface area (Å²) in [5, 5.41) is 0. The average molecular weight is 236 g/mol. The molecule has 0 aromatic heterocycles. The summed E-state index contributed by atoms with van der Waals surface area (Å²) in [5.74, 6) is 0.506. The van der Waals surface area contributed by atoms with Crippen molar-refractivity contribution in [2.75, 3.05) is 0 Å². The van der Waals surface area contributed by atoms with Gasteiger partial charge in [0.25, 0.3) is 0 Å². The molecule has 1 heterocycles. The van der Waals surface area contributed by atoms with Crippen LogP contribution in [0.1, 0.15) is 17.0 Å². The Hall–Kier alpha value is -2.35. The fraction of sp³-hybridized carbons (Fsp3) is 0.0625. The first-order chi connectivity index (χ1) is 8.90. The number of hydrogen-bond acceptors (Lipinski definition) is 2. The minimum absolute atomic E-state index is 0.252. The molecule has 0 amide bonds. The summed E-state index contributed by atoms with van der Waals surface area (Å²) in [6.07, 6.45) is 2.65. The van der Waals surface area contributed by atoms with Gasteiger partial charge in [0.15, 0.2) is 0 Å². The van der Waals surface area contributed by atoms with Crippen molar-refractivity contribution in [1.82, 2.24) is 0 Å². The number of allylic oxidation sites excluding steroid dienone is 1. The van der Waals surface area contributed by atoms with E-state index in [9.17, 15) is 4.79 Å². The van der Waals surface area contributed by atoms with E-state index in [2.05, 4.69) is 0 Å². The summed E-state index contributed by atoms with van der Waals surface area (Å²) < 4.78 is 5.60. The number of aldehydes is 1. The van der Waals surface area contributed by atoms with Crippen molar-refractivity contribution in [3.05, 3.63) is 72.0 Å². The molecule has 0 saturated heterocycles. The van der Waals surface area contributed by atoms with Gasteiger partial charge in [0.1, 0.15) is 12.0 Å². The second kappa shape index (κ2) is 4.49. The number of benzene rings is 2. The van der Waals surface area contributed by atoms with Crippen LogP contribution in [0.3, 0.4) is 0 Å². The number of hydrogen-bond donors (Lipinski definition) is 0. The van der Waals surface area contributed by atoms with Gasteiger partial charge in [-0.15, -0.1) is 0 Å². The molecular weight excluding hydrogens is 224 g/mol. The lowest BCUT2D eigenvalue weighted by atomic mass is 9.87. The normalized spacial score (nSPS) is 17.3. The van der Waals surface area contributed by atoms with Gasteiger partial charge in [-0.3, -0.25) is 0 Å². The maximum Gasteiger partial charge on any atom is 0.132 e. The van der Waals surface area contributed by atoms with E-state index in [0.29, 0.717) is 0 Å². The smallest absolute Gasteiger partial charge is 0.132 e. The van der Waals surface area contributed by atoms with Crippen LogP contribution >= 0.6 is 0 Å². The van der Waals surface area contributed by atoms with E-state index in [0.717, 1.165) is 28.7 Å². The van der Waals surface area contributed by atoms with E-state index in [1.165, 1.54) is 0 Å². The highest BCUT2D eigenvalue weighted by Gasteiger charge is 2.24. The number of fused-ring (bicyclic) bond motifs is 1. The van der Waals surface area contributed by atoms with Crippen LogP contribution in [-0.2, 0) is 4.79 Å². The van der Waals surface area contributed by atoms with Crippen molar-refractivity contribution in [1.29, 1.82) is 0 Å². The van der Waals surface area contributed by atoms with Crippen LogP contribution in [-0.4, -0.2) is 6.29 Å². The van der Waals surface area contributed by atoms with Gasteiger partial charge in [0.05, 0.1) is 12.2 Å². The number of para-hydroxylation sites is 1. The Labute approximate surface area is 106 Å². The van der Waals surface area contributed by atoms with Crippen molar-refractivity contribution in [2.24, 2.45) is 0 Å². The van der Waals surface area contributed by atoms with Crippen molar-refractivity contribution < 1.29 is 9.53 Å². The molecule has 0 spiro atoms.